The number of para-hydroxylation sites is 1. The van der Waals surface area contributed by atoms with Gasteiger partial charge in [0, 0.05) is 37.6 Å². The molecule has 1 aromatic carbocycles. The van der Waals surface area contributed by atoms with Gasteiger partial charge in [-0.25, -0.2) is 0 Å². The van der Waals surface area contributed by atoms with E-state index in [4.69, 9.17) is 21.4 Å². The highest BCUT2D eigenvalue weighted by Crippen LogP contribution is 2.33. The number of hydrogen-bond donors (Lipinski definition) is 0. The molecule has 4 rings (SSSR count). The van der Waals surface area contributed by atoms with Gasteiger partial charge in [-0.3, -0.25) is 14.6 Å². The van der Waals surface area contributed by atoms with Crippen molar-refractivity contribution in [2.45, 2.75) is 6.42 Å². The number of furan rings is 1. The molecule has 0 radical (unpaired) electrons. The van der Waals surface area contributed by atoms with Crippen molar-refractivity contribution in [3.8, 4) is 0 Å². The molecule has 7 heteroatoms. The number of thioether (sulfide) groups is 1. The summed E-state index contributed by atoms with van der Waals surface area (Å²) < 4.78 is 11.8. The molecule has 3 heterocycles. The van der Waals surface area contributed by atoms with E-state index in [1.807, 2.05) is 30.3 Å². The molecule has 1 amide bonds. The Morgan fingerprint density at radius 2 is 2.00 bits per heavy atom. The first kappa shape index (κ1) is 17.7. The van der Waals surface area contributed by atoms with Crippen LogP contribution in [-0.4, -0.2) is 59.4 Å². The van der Waals surface area contributed by atoms with E-state index in [0.717, 1.165) is 50.2 Å². The molecule has 2 saturated heterocycles. The lowest BCUT2D eigenvalue weighted by Crippen LogP contribution is -2.38. The molecule has 0 spiro atoms. The summed E-state index contributed by atoms with van der Waals surface area (Å²) in [6.45, 7) is 5.12. The van der Waals surface area contributed by atoms with Gasteiger partial charge in [0.2, 0.25) is 0 Å². The lowest BCUT2D eigenvalue weighted by atomic mass is 10.2. The number of nitrogens with zero attached hydrogens (tertiary/aromatic N) is 2. The maximum atomic E-state index is 12.7. The lowest BCUT2D eigenvalue weighted by molar-refractivity contribution is -0.122. The van der Waals surface area contributed by atoms with Gasteiger partial charge in [-0.2, -0.15) is 0 Å². The van der Waals surface area contributed by atoms with Gasteiger partial charge in [-0.1, -0.05) is 42.2 Å². The van der Waals surface area contributed by atoms with E-state index in [2.05, 4.69) is 4.90 Å². The topological polar surface area (TPSA) is 45.9 Å². The van der Waals surface area contributed by atoms with Crippen LogP contribution in [0.4, 0.5) is 0 Å². The molecule has 0 unspecified atom stereocenters. The summed E-state index contributed by atoms with van der Waals surface area (Å²) in [5.74, 6) is 0.655. The number of carbonyl (C=O) groups excluding carboxylic acids is 1. The van der Waals surface area contributed by atoms with Crippen LogP contribution in [0.25, 0.3) is 17.0 Å². The largest absolute Gasteiger partial charge is 0.457 e. The van der Waals surface area contributed by atoms with Gasteiger partial charge in [-0.15, -0.1) is 0 Å². The Kier molecular flexibility index (Phi) is 5.40. The number of fused-ring (bicyclic) bond motifs is 1. The Morgan fingerprint density at radius 1 is 1.19 bits per heavy atom. The maximum Gasteiger partial charge on any atom is 0.266 e. The Labute approximate surface area is 161 Å². The fourth-order valence-corrected chi connectivity index (χ4v) is 4.46. The van der Waals surface area contributed by atoms with Gasteiger partial charge in [-0.05, 0) is 18.6 Å². The first-order valence-electron chi connectivity index (χ1n) is 8.75. The number of ether oxygens (including phenoxy) is 1. The molecule has 26 heavy (non-hydrogen) atoms. The second kappa shape index (κ2) is 7.92. The Bertz CT molecular complexity index is 822. The van der Waals surface area contributed by atoms with Gasteiger partial charge in [0.05, 0.1) is 18.1 Å². The Balaban J connectivity index is 1.39. The van der Waals surface area contributed by atoms with Crippen molar-refractivity contribution < 1.29 is 13.9 Å². The molecule has 0 aliphatic carbocycles. The minimum atomic E-state index is -0.0255. The molecule has 0 atom stereocenters. The van der Waals surface area contributed by atoms with E-state index in [0.29, 0.717) is 21.5 Å². The number of hydrogen-bond acceptors (Lipinski definition) is 6. The summed E-state index contributed by atoms with van der Waals surface area (Å²) in [4.78, 5) is 17.4. The zero-order valence-corrected chi connectivity index (χ0v) is 16.0. The van der Waals surface area contributed by atoms with E-state index < -0.39 is 0 Å². The van der Waals surface area contributed by atoms with E-state index in [1.165, 1.54) is 11.8 Å². The average molecular weight is 389 g/mol. The van der Waals surface area contributed by atoms with Crippen LogP contribution < -0.4 is 0 Å². The van der Waals surface area contributed by atoms with Gasteiger partial charge < -0.3 is 9.15 Å². The molecular formula is C19H20N2O3S2. The van der Waals surface area contributed by atoms with Crippen molar-refractivity contribution in [2.75, 3.05) is 39.4 Å². The monoisotopic (exact) mass is 388 g/mol. The van der Waals surface area contributed by atoms with E-state index >= 15 is 0 Å². The fourth-order valence-electron chi connectivity index (χ4n) is 3.17. The number of amides is 1. The summed E-state index contributed by atoms with van der Waals surface area (Å²) in [6, 6.07) is 9.76. The number of carbonyl (C=O) groups is 1. The minimum Gasteiger partial charge on any atom is -0.457 e. The van der Waals surface area contributed by atoms with Crippen molar-refractivity contribution in [1.29, 1.82) is 0 Å². The van der Waals surface area contributed by atoms with Crippen LogP contribution in [0.15, 0.2) is 39.7 Å². The minimum absolute atomic E-state index is 0.0255. The zero-order chi connectivity index (χ0) is 17.9. The Morgan fingerprint density at radius 3 is 2.81 bits per heavy atom. The van der Waals surface area contributed by atoms with Crippen molar-refractivity contribution in [3.05, 3.63) is 41.0 Å². The van der Waals surface area contributed by atoms with E-state index in [1.54, 1.807) is 11.0 Å². The van der Waals surface area contributed by atoms with Crippen LogP contribution in [-0.2, 0) is 9.53 Å². The molecule has 0 N–H and O–H groups in total. The van der Waals surface area contributed by atoms with Crippen LogP contribution >= 0.6 is 24.0 Å². The summed E-state index contributed by atoms with van der Waals surface area (Å²) in [5.41, 5.74) is 0.819. The molecule has 1 aromatic heterocycles. The fraction of sp³-hybridized carbons (Fsp3) is 0.368. The summed E-state index contributed by atoms with van der Waals surface area (Å²) in [7, 11) is 0. The SMILES string of the molecule is O=C1/C(=C/c2cc3ccccc3o2)SC(=S)N1CCCN1CCOCC1. The highest BCUT2D eigenvalue weighted by atomic mass is 32.2. The van der Waals surface area contributed by atoms with Crippen LogP contribution in [0.3, 0.4) is 0 Å². The standard InChI is InChI=1S/C19H20N2O3S2/c22-18-17(13-15-12-14-4-1-2-5-16(14)24-15)26-19(25)21(18)7-3-6-20-8-10-23-11-9-20/h1-2,4-5,12-13H,3,6-11H2/b17-13-. The van der Waals surface area contributed by atoms with Crippen molar-refractivity contribution in [1.82, 2.24) is 9.80 Å². The molecule has 0 bridgehead atoms. The molecule has 2 aromatic rings. The Hall–Kier alpha value is -1.67. The third-order valence-corrected chi connectivity index (χ3v) is 5.93. The quantitative estimate of drug-likeness (QED) is 0.578. The summed E-state index contributed by atoms with van der Waals surface area (Å²) >= 11 is 6.76. The van der Waals surface area contributed by atoms with Crippen LogP contribution in [0.2, 0.25) is 0 Å². The van der Waals surface area contributed by atoms with Crippen molar-refractivity contribution in [2.24, 2.45) is 0 Å². The van der Waals surface area contributed by atoms with E-state index in [9.17, 15) is 4.79 Å². The molecule has 2 aliphatic heterocycles. The van der Waals surface area contributed by atoms with Crippen LogP contribution in [0.5, 0.6) is 0 Å². The molecular weight excluding hydrogens is 368 g/mol. The highest BCUT2D eigenvalue weighted by molar-refractivity contribution is 8.26. The third kappa shape index (κ3) is 3.86. The molecule has 0 saturated carbocycles. The normalized spacial score (nSPS) is 20.6. The number of benzene rings is 1. The van der Waals surface area contributed by atoms with Crippen LogP contribution in [0.1, 0.15) is 12.2 Å². The second-order valence-corrected chi connectivity index (χ2v) is 8.00. The lowest BCUT2D eigenvalue weighted by Gasteiger charge is -2.27. The molecule has 2 fully saturated rings. The first-order valence-corrected chi connectivity index (χ1v) is 9.97. The predicted molar refractivity (Wildman–Crippen MR) is 108 cm³/mol. The third-order valence-electron chi connectivity index (χ3n) is 4.55. The predicted octanol–water partition coefficient (Wildman–Crippen LogP) is 3.36. The number of thiocarbonyl (C=S) groups is 1. The van der Waals surface area contributed by atoms with Crippen molar-refractivity contribution in [3.63, 3.8) is 0 Å². The zero-order valence-electron chi connectivity index (χ0n) is 14.3. The summed E-state index contributed by atoms with van der Waals surface area (Å²) in [6.07, 6.45) is 2.70. The van der Waals surface area contributed by atoms with E-state index in [-0.39, 0.29) is 5.91 Å². The number of rotatable bonds is 5. The second-order valence-electron chi connectivity index (χ2n) is 6.33. The smallest absolute Gasteiger partial charge is 0.266 e. The van der Waals surface area contributed by atoms with Crippen LogP contribution in [0, 0.1) is 0 Å². The van der Waals surface area contributed by atoms with Crippen molar-refractivity contribution >= 4 is 51.3 Å². The number of morpholine rings is 1. The maximum absolute atomic E-state index is 12.7. The first-order chi connectivity index (χ1) is 12.7. The average Bonchev–Trinajstić information content (AvgIpc) is 3.18. The molecule has 5 nitrogen and oxygen atoms in total. The highest BCUT2D eigenvalue weighted by Gasteiger charge is 2.32. The molecule has 136 valence electrons. The summed E-state index contributed by atoms with van der Waals surface area (Å²) in [5, 5.41) is 1.03. The van der Waals surface area contributed by atoms with Gasteiger partial charge in [0.1, 0.15) is 15.7 Å². The van der Waals surface area contributed by atoms with Gasteiger partial charge in [0.15, 0.2) is 0 Å². The van der Waals surface area contributed by atoms with Gasteiger partial charge >= 0.3 is 0 Å². The van der Waals surface area contributed by atoms with Gasteiger partial charge in [0.25, 0.3) is 5.91 Å². The molecule has 2 aliphatic rings.